The SMILES string of the molecule is CC/C(C)=C(/Cl)N(C)C. The third kappa shape index (κ3) is 2.75. The van der Waals surface area contributed by atoms with Gasteiger partial charge in [0.05, 0.1) is 0 Å². The van der Waals surface area contributed by atoms with Gasteiger partial charge in [0.25, 0.3) is 0 Å². The molecule has 54 valence electrons. The van der Waals surface area contributed by atoms with Crippen LogP contribution in [-0.4, -0.2) is 19.0 Å². The summed E-state index contributed by atoms with van der Waals surface area (Å²) in [4.78, 5) is 1.92. The lowest BCUT2D eigenvalue weighted by atomic mass is 10.2. The van der Waals surface area contributed by atoms with Crippen molar-refractivity contribution in [1.82, 2.24) is 4.90 Å². The molecule has 0 bridgehead atoms. The Morgan fingerprint density at radius 1 is 1.44 bits per heavy atom. The van der Waals surface area contributed by atoms with Gasteiger partial charge in [-0.25, -0.2) is 0 Å². The van der Waals surface area contributed by atoms with Gasteiger partial charge in [0.2, 0.25) is 0 Å². The van der Waals surface area contributed by atoms with Crippen molar-refractivity contribution in [1.29, 1.82) is 0 Å². The van der Waals surface area contributed by atoms with Crippen molar-refractivity contribution in [2.45, 2.75) is 20.3 Å². The van der Waals surface area contributed by atoms with Crippen LogP contribution in [0.25, 0.3) is 0 Å². The molecule has 0 spiro atoms. The van der Waals surface area contributed by atoms with Crippen LogP contribution >= 0.6 is 11.6 Å². The second kappa shape index (κ2) is 3.78. The molecule has 0 heterocycles. The maximum atomic E-state index is 5.87. The van der Waals surface area contributed by atoms with Crippen molar-refractivity contribution < 1.29 is 0 Å². The summed E-state index contributed by atoms with van der Waals surface area (Å²) in [7, 11) is 3.89. The molecule has 0 saturated carbocycles. The Hall–Kier alpha value is -0.170. The first-order valence-electron chi connectivity index (χ1n) is 3.12. The van der Waals surface area contributed by atoms with E-state index in [0.29, 0.717) is 0 Å². The third-order valence-electron chi connectivity index (χ3n) is 1.28. The Morgan fingerprint density at radius 2 is 1.89 bits per heavy atom. The second-order valence-corrected chi connectivity index (χ2v) is 2.68. The van der Waals surface area contributed by atoms with E-state index in [9.17, 15) is 0 Å². The van der Waals surface area contributed by atoms with Crippen molar-refractivity contribution in [3.63, 3.8) is 0 Å². The van der Waals surface area contributed by atoms with Gasteiger partial charge >= 0.3 is 0 Å². The quantitative estimate of drug-likeness (QED) is 0.543. The van der Waals surface area contributed by atoms with Crippen LogP contribution in [0.2, 0.25) is 0 Å². The highest BCUT2D eigenvalue weighted by Crippen LogP contribution is 2.13. The predicted octanol–water partition coefficient (Wildman–Crippen LogP) is 2.43. The number of allylic oxidation sites excluding steroid dienone is 1. The first kappa shape index (κ1) is 8.83. The standard InChI is InChI=1S/C7H14ClN/c1-5-6(2)7(8)9(3)4/h5H2,1-4H3/b7-6-. The van der Waals surface area contributed by atoms with Gasteiger partial charge in [-0.05, 0) is 18.9 Å². The highest BCUT2D eigenvalue weighted by Gasteiger charge is 1.97. The van der Waals surface area contributed by atoms with Crippen LogP contribution in [0.5, 0.6) is 0 Å². The Kier molecular flexibility index (Phi) is 3.71. The van der Waals surface area contributed by atoms with Crippen LogP contribution in [-0.2, 0) is 0 Å². The van der Waals surface area contributed by atoms with E-state index in [4.69, 9.17) is 11.6 Å². The van der Waals surface area contributed by atoms with E-state index in [-0.39, 0.29) is 0 Å². The molecule has 0 unspecified atom stereocenters. The molecule has 0 N–H and O–H groups in total. The summed E-state index contributed by atoms with van der Waals surface area (Å²) in [5, 5.41) is 0.859. The molecular weight excluding hydrogens is 134 g/mol. The average molecular weight is 148 g/mol. The molecule has 0 amide bonds. The van der Waals surface area contributed by atoms with Crippen LogP contribution in [0.3, 0.4) is 0 Å². The van der Waals surface area contributed by atoms with Crippen LogP contribution in [0, 0.1) is 0 Å². The summed E-state index contributed by atoms with van der Waals surface area (Å²) >= 11 is 5.87. The lowest BCUT2D eigenvalue weighted by molar-refractivity contribution is 0.538. The summed E-state index contributed by atoms with van der Waals surface area (Å²) in [6, 6.07) is 0. The number of nitrogens with zero attached hydrogens (tertiary/aromatic N) is 1. The third-order valence-corrected chi connectivity index (χ3v) is 1.94. The molecule has 0 aromatic carbocycles. The molecule has 0 saturated heterocycles. The van der Waals surface area contributed by atoms with Gasteiger partial charge in [0.15, 0.2) is 0 Å². The van der Waals surface area contributed by atoms with Gasteiger partial charge in [0.1, 0.15) is 5.16 Å². The van der Waals surface area contributed by atoms with Crippen LogP contribution in [0.15, 0.2) is 10.7 Å². The second-order valence-electron chi connectivity index (χ2n) is 2.32. The van der Waals surface area contributed by atoms with E-state index in [1.54, 1.807) is 0 Å². The summed E-state index contributed by atoms with van der Waals surface area (Å²) in [6.45, 7) is 4.14. The molecular formula is C7H14ClN. The fraction of sp³-hybridized carbons (Fsp3) is 0.714. The van der Waals surface area contributed by atoms with Gasteiger partial charge in [-0.2, -0.15) is 0 Å². The lowest BCUT2D eigenvalue weighted by Gasteiger charge is -2.12. The van der Waals surface area contributed by atoms with E-state index in [1.807, 2.05) is 25.9 Å². The van der Waals surface area contributed by atoms with Crippen molar-refractivity contribution >= 4 is 11.6 Å². The van der Waals surface area contributed by atoms with E-state index in [0.717, 1.165) is 11.6 Å². The van der Waals surface area contributed by atoms with Crippen molar-refractivity contribution in [2.75, 3.05) is 14.1 Å². The van der Waals surface area contributed by atoms with Gasteiger partial charge in [-0.15, -0.1) is 0 Å². The Morgan fingerprint density at radius 3 is 2.00 bits per heavy atom. The fourth-order valence-corrected chi connectivity index (χ4v) is 0.661. The number of rotatable bonds is 2. The van der Waals surface area contributed by atoms with Crippen LogP contribution in [0.1, 0.15) is 20.3 Å². The normalized spacial score (nSPS) is 13.0. The largest absolute Gasteiger partial charge is 0.369 e. The highest BCUT2D eigenvalue weighted by molar-refractivity contribution is 6.29. The molecule has 0 aromatic rings. The lowest BCUT2D eigenvalue weighted by Crippen LogP contribution is -2.07. The molecule has 2 heteroatoms. The van der Waals surface area contributed by atoms with Gasteiger partial charge in [-0.1, -0.05) is 18.5 Å². The van der Waals surface area contributed by atoms with E-state index in [1.165, 1.54) is 5.57 Å². The van der Waals surface area contributed by atoms with Crippen molar-refractivity contribution in [3.8, 4) is 0 Å². The molecule has 0 fully saturated rings. The maximum Gasteiger partial charge on any atom is 0.103 e. The molecule has 0 radical (unpaired) electrons. The predicted molar refractivity (Wildman–Crippen MR) is 42.5 cm³/mol. The van der Waals surface area contributed by atoms with Gasteiger partial charge in [0, 0.05) is 14.1 Å². The van der Waals surface area contributed by atoms with Crippen molar-refractivity contribution in [3.05, 3.63) is 10.7 Å². The molecule has 0 rings (SSSR count). The molecule has 0 aliphatic rings. The number of hydrogen-bond acceptors (Lipinski definition) is 1. The van der Waals surface area contributed by atoms with Crippen LogP contribution < -0.4 is 0 Å². The first-order chi connectivity index (χ1) is 4.09. The fourth-order valence-electron chi connectivity index (χ4n) is 0.528. The smallest absolute Gasteiger partial charge is 0.103 e. The van der Waals surface area contributed by atoms with Gasteiger partial charge in [-0.3, -0.25) is 0 Å². The van der Waals surface area contributed by atoms with Crippen LogP contribution in [0.4, 0.5) is 0 Å². The van der Waals surface area contributed by atoms with E-state index < -0.39 is 0 Å². The number of halogens is 1. The zero-order chi connectivity index (χ0) is 7.44. The minimum atomic E-state index is 0.859. The molecule has 0 aliphatic heterocycles. The zero-order valence-electron chi connectivity index (χ0n) is 6.53. The molecule has 0 aliphatic carbocycles. The summed E-state index contributed by atoms with van der Waals surface area (Å²) in [5.74, 6) is 0. The summed E-state index contributed by atoms with van der Waals surface area (Å²) in [6.07, 6.45) is 1.02. The van der Waals surface area contributed by atoms with Crippen molar-refractivity contribution in [2.24, 2.45) is 0 Å². The molecule has 1 nitrogen and oxygen atoms in total. The molecule has 0 aromatic heterocycles. The highest BCUT2D eigenvalue weighted by atomic mass is 35.5. The monoisotopic (exact) mass is 147 g/mol. The Labute approximate surface area is 62.3 Å². The summed E-state index contributed by atoms with van der Waals surface area (Å²) < 4.78 is 0. The van der Waals surface area contributed by atoms with E-state index in [2.05, 4.69) is 6.92 Å². The molecule has 0 atom stereocenters. The minimum absolute atomic E-state index is 0.859. The van der Waals surface area contributed by atoms with E-state index >= 15 is 0 Å². The average Bonchev–Trinajstić information content (AvgIpc) is 1.84. The minimum Gasteiger partial charge on any atom is -0.369 e. The zero-order valence-corrected chi connectivity index (χ0v) is 7.29. The topological polar surface area (TPSA) is 3.24 Å². The maximum absolute atomic E-state index is 5.87. The number of hydrogen-bond donors (Lipinski definition) is 0. The van der Waals surface area contributed by atoms with Gasteiger partial charge < -0.3 is 4.90 Å². The summed E-state index contributed by atoms with van der Waals surface area (Å²) in [5.41, 5.74) is 1.24. The first-order valence-corrected chi connectivity index (χ1v) is 3.50. The molecule has 9 heavy (non-hydrogen) atoms. The Balaban J connectivity index is 4.10. The Bertz CT molecular complexity index is 116.